The number of nitrogens with zero attached hydrogens (tertiary/aromatic N) is 1. The molecule has 1 N–H and O–H groups in total. The smallest absolute Gasteiger partial charge is 0.252 e. The van der Waals surface area contributed by atoms with Crippen LogP contribution in [0.5, 0.6) is 0 Å². The number of hydrogen-bond acceptors (Lipinski definition) is 1. The Labute approximate surface area is 80.0 Å². The van der Waals surface area contributed by atoms with Gasteiger partial charge in [-0.1, -0.05) is 6.42 Å². The largest absolute Gasteiger partial charge is 0.297 e. The molecule has 13 heavy (non-hydrogen) atoms. The van der Waals surface area contributed by atoms with Gasteiger partial charge in [0.25, 0.3) is 5.54 Å². The van der Waals surface area contributed by atoms with Crippen molar-refractivity contribution in [3.63, 3.8) is 0 Å². The van der Waals surface area contributed by atoms with E-state index in [1.807, 2.05) is 0 Å². The minimum Gasteiger partial charge on any atom is -0.297 e. The lowest BCUT2D eigenvalue weighted by molar-refractivity contribution is -0.534. The van der Waals surface area contributed by atoms with E-state index in [-0.39, 0.29) is 0 Å². The fraction of sp³-hybridized carbons (Fsp3) is 0.909. The van der Waals surface area contributed by atoms with Gasteiger partial charge in [-0.15, -0.1) is 0 Å². The summed E-state index contributed by atoms with van der Waals surface area (Å²) >= 11 is 0. The van der Waals surface area contributed by atoms with E-state index < -0.39 is 0 Å². The summed E-state index contributed by atoms with van der Waals surface area (Å²) in [5.74, 6) is 0. The Bertz CT molecular complexity index is 280. The number of piperazine rings is 1. The first-order valence-corrected chi connectivity index (χ1v) is 5.53. The lowest BCUT2D eigenvalue weighted by atomic mass is 9.79. The van der Waals surface area contributed by atoms with Crippen LogP contribution >= 0.6 is 0 Å². The highest BCUT2D eigenvalue weighted by atomic mass is 15.3. The average Bonchev–Trinajstić information content (AvgIpc) is 2.70. The zero-order chi connectivity index (χ0) is 9.10. The normalized spacial score (nSPS) is 46.0. The number of nitrogens with one attached hydrogen (secondary N) is 1. The second kappa shape index (κ2) is 2.17. The Morgan fingerprint density at radius 3 is 3.08 bits per heavy atom. The molecule has 72 valence electrons. The Hall–Kier alpha value is -0.370. The lowest BCUT2D eigenvalue weighted by Gasteiger charge is -2.39. The predicted octanol–water partition coefficient (Wildman–Crippen LogP) is 1.15. The van der Waals surface area contributed by atoms with Crippen molar-refractivity contribution in [2.45, 2.75) is 56.7 Å². The molecule has 0 amide bonds. The molecular formula is C11H19N2+. The number of hydrogen-bond donors (Lipinski definition) is 1. The fourth-order valence-corrected chi connectivity index (χ4v) is 3.25. The van der Waals surface area contributed by atoms with Crippen LogP contribution < -0.4 is 5.32 Å². The topological polar surface area (TPSA) is 15.0 Å². The Balaban J connectivity index is 1.86. The van der Waals surface area contributed by atoms with Crippen molar-refractivity contribution in [2.24, 2.45) is 0 Å². The quantitative estimate of drug-likeness (QED) is 0.551. The van der Waals surface area contributed by atoms with E-state index in [1.54, 1.807) is 0 Å². The molecule has 0 aromatic heterocycles. The van der Waals surface area contributed by atoms with Crippen molar-refractivity contribution in [3.8, 4) is 0 Å². The minimum atomic E-state index is 0.318. The molecule has 2 heterocycles. The van der Waals surface area contributed by atoms with Crippen molar-refractivity contribution < 1.29 is 4.58 Å². The van der Waals surface area contributed by atoms with Crippen LogP contribution in [0.25, 0.3) is 0 Å². The van der Waals surface area contributed by atoms with Gasteiger partial charge in [0.05, 0.1) is 11.6 Å². The highest BCUT2D eigenvalue weighted by Crippen LogP contribution is 2.41. The molecule has 2 fully saturated rings. The maximum Gasteiger partial charge on any atom is 0.252 e. The first-order chi connectivity index (χ1) is 6.12. The summed E-state index contributed by atoms with van der Waals surface area (Å²) in [5.41, 5.74) is 0.812. The maximum absolute atomic E-state index is 3.80. The average molecular weight is 179 g/mol. The van der Waals surface area contributed by atoms with Crippen LogP contribution in [-0.4, -0.2) is 34.5 Å². The third kappa shape index (κ3) is 1.01. The van der Waals surface area contributed by atoms with Gasteiger partial charge >= 0.3 is 0 Å². The molecule has 1 saturated heterocycles. The maximum atomic E-state index is 3.80. The first kappa shape index (κ1) is 7.98. The zero-order valence-electron chi connectivity index (χ0n) is 8.64. The van der Waals surface area contributed by atoms with Crippen LogP contribution in [0.4, 0.5) is 0 Å². The van der Waals surface area contributed by atoms with Gasteiger partial charge < -0.3 is 0 Å². The molecule has 3 rings (SSSR count). The van der Waals surface area contributed by atoms with E-state index in [2.05, 4.69) is 30.0 Å². The van der Waals surface area contributed by atoms with Gasteiger partial charge in [-0.05, 0) is 26.7 Å². The Morgan fingerprint density at radius 1 is 1.38 bits per heavy atom. The second-order valence-corrected chi connectivity index (χ2v) is 5.57. The Morgan fingerprint density at radius 2 is 2.23 bits per heavy atom. The van der Waals surface area contributed by atoms with E-state index >= 15 is 0 Å². The van der Waals surface area contributed by atoms with E-state index in [9.17, 15) is 0 Å². The van der Waals surface area contributed by atoms with Gasteiger partial charge in [-0.25, -0.2) is 4.58 Å². The third-order valence-electron chi connectivity index (χ3n) is 3.90. The molecule has 1 aliphatic carbocycles. The van der Waals surface area contributed by atoms with Crippen LogP contribution in [0, 0.1) is 0 Å². The monoisotopic (exact) mass is 179 g/mol. The van der Waals surface area contributed by atoms with Gasteiger partial charge in [-0.3, -0.25) is 5.32 Å². The summed E-state index contributed by atoms with van der Waals surface area (Å²) in [6.45, 7) is 5.83. The molecule has 0 aromatic carbocycles. The standard InChI is InChI=1S/C11H19N2/c1-10(2)7-13-8-11(13)6-4-3-5-9(11)12-10/h8-9,12H,3-7H2,1-2H3/q+1. The van der Waals surface area contributed by atoms with Gasteiger partial charge in [0.2, 0.25) is 6.21 Å². The third-order valence-corrected chi connectivity index (χ3v) is 3.90. The molecule has 2 nitrogen and oxygen atoms in total. The molecule has 2 heteroatoms. The van der Waals surface area contributed by atoms with Crippen molar-refractivity contribution in [1.29, 1.82) is 0 Å². The van der Waals surface area contributed by atoms with Gasteiger partial charge in [0.1, 0.15) is 0 Å². The SMILES string of the molecule is CC1(C)C[N+]2=CC23CCCCC3N1. The van der Waals surface area contributed by atoms with Crippen LogP contribution in [0.2, 0.25) is 0 Å². The molecule has 0 aromatic rings. The summed E-state index contributed by atoms with van der Waals surface area (Å²) < 4.78 is 2.58. The minimum absolute atomic E-state index is 0.318. The molecule has 2 unspecified atom stereocenters. The predicted molar refractivity (Wildman–Crippen MR) is 53.4 cm³/mol. The molecule has 2 aliphatic heterocycles. The van der Waals surface area contributed by atoms with Gasteiger partial charge in [0.15, 0.2) is 6.54 Å². The highest BCUT2D eigenvalue weighted by molar-refractivity contribution is 5.75. The molecule has 1 saturated carbocycles. The van der Waals surface area contributed by atoms with E-state index in [0.717, 1.165) is 6.04 Å². The van der Waals surface area contributed by atoms with E-state index in [0.29, 0.717) is 11.1 Å². The summed E-state index contributed by atoms with van der Waals surface area (Å²) in [4.78, 5) is 0. The van der Waals surface area contributed by atoms with E-state index in [1.165, 1.54) is 32.2 Å². The van der Waals surface area contributed by atoms with Gasteiger partial charge in [-0.2, -0.15) is 0 Å². The van der Waals surface area contributed by atoms with Gasteiger partial charge in [0, 0.05) is 6.42 Å². The summed E-state index contributed by atoms with van der Waals surface area (Å²) in [6.07, 6.45) is 8.07. The molecule has 3 aliphatic rings. The van der Waals surface area contributed by atoms with Crippen LogP contribution in [0.3, 0.4) is 0 Å². The molecule has 2 atom stereocenters. The number of rotatable bonds is 0. The van der Waals surface area contributed by atoms with Crippen molar-refractivity contribution in [3.05, 3.63) is 0 Å². The van der Waals surface area contributed by atoms with Crippen LogP contribution in [0.1, 0.15) is 39.5 Å². The van der Waals surface area contributed by atoms with E-state index in [4.69, 9.17) is 0 Å². The fourth-order valence-electron chi connectivity index (χ4n) is 3.25. The van der Waals surface area contributed by atoms with Crippen molar-refractivity contribution in [2.75, 3.05) is 6.54 Å². The second-order valence-electron chi connectivity index (χ2n) is 5.57. The van der Waals surface area contributed by atoms with Crippen LogP contribution in [0.15, 0.2) is 0 Å². The summed E-state index contributed by atoms with van der Waals surface area (Å²) in [7, 11) is 0. The van der Waals surface area contributed by atoms with Crippen LogP contribution in [-0.2, 0) is 0 Å². The van der Waals surface area contributed by atoms with Crippen molar-refractivity contribution >= 4 is 6.21 Å². The lowest BCUT2D eigenvalue weighted by Crippen LogP contribution is -2.63. The molecular weight excluding hydrogens is 160 g/mol. The van der Waals surface area contributed by atoms with Crippen molar-refractivity contribution in [1.82, 2.24) is 5.32 Å². The first-order valence-electron chi connectivity index (χ1n) is 5.53. The molecule has 0 bridgehead atoms. The summed E-state index contributed by atoms with van der Waals surface area (Å²) in [6, 6.07) is 0.741. The zero-order valence-corrected chi connectivity index (χ0v) is 8.64. The Kier molecular flexibility index (Phi) is 1.33. The highest BCUT2D eigenvalue weighted by Gasteiger charge is 2.66. The molecule has 1 spiro atoms. The molecule has 0 radical (unpaired) electrons. The summed E-state index contributed by atoms with van der Waals surface area (Å²) in [5, 5.41) is 3.80.